The van der Waals surface area contributed by atoms with Crippen LogP contribution in [0.3, 0.4) is 0 Å². The Morgan fingerprint density at radius 3 is 2.56 bits per heavy atom. The van der Waals surface area contributed by atoms with E-state index in [4.69, 9.17) is 11.6 Å². The molecule has 27 heavy (non-hydrogen) atoms. The fourth-order valence-electron chi connectivity index (χ4n) is 4.19. The zero-order valence-electron chi connectivity index (χ0n) is 15.7. The van der Waals surface area contributed by atoms with E-state index in [0.29, 0.717) is 0 Å². The number of nitrogens with one attached hydrogen (secondary N) is 1. The molecule has 1 saturated heterocycles. The second-order valence-corrected chi connectivity index (χ2v) is 9.34. The topological polar surface area (TPSA) is 45.2 Å². The van der Waals surface area contributed by atoms with Crippen molar-refractivity contribution in [2.24, 2.45) is 5.92 Å². The number of carbonyl (C=O) groups excluding carboxylic acids is 1. The number of amides is 1. The number of nitrogens with zero attached hydrogens (tertiary/aromatic N) is 2. The van der Waals surface area contributed by atoms with Crippen LogP contribution in [0.5, 0.6) is 0 Å². The van der Waals surface area contributed by atoms with Crippen LogP contribution in [0.1, 0.15) is 48.4 Å². The maximum absolute atomic E-state index is 12.9. The lowest BCUT2D eigenvalue weighted by atomic mass is 9.71. The Morgan fingerprint density at radius 2 is 2.00 bits per heavy atom. The molecule has 2 aliphatic rings. The number of rotatable bonds is 5. The molecule has 1 aromatic heterocycles. The Morgan fingerprint density at radius 1 is 1.30 bits per heavy atom. The van der Waals surface area contributed by atoms with Crippen LogP contribution in [0.4, 0.5) is 0 Å². The Hall–Kier alpha value is -1.43. The van der Waals surface area contributed by atoms with Gasteiger partial charge in [0.1, 0.15) is 0 Å². The number of halogens is 1. The van der Waals surface area contributed by atoms with Crippen LogP contribution in [0.25, 0.3) is 0 Å². The molecule has 2 fully saturated rings. The second-order valence-electron chi connectivity index (χ2n) is 7.84. The summed E-state index contributed by atoms with van der Waals surface area (Å²) in [6.07, 6.45) is 5.04. The minimum absolute atomic E-state index is 0.114. The molecule has 1 N–H and O–H groups in total. The van der Waals surface area contributed by atoms with Gasteiger partial charge in [-0.15, -0.1) is 11.3 Å². The van der Waals surface area contributed by atoms with Gasteiger partial charge < -0.3 is 5.32 Å². The number of benzene rings is 1. The molecule has 1 amide bonds. The van der Waals surface area contributed by atoms with Gasteiger partial charge in [-0.3, -0.25) is 9.69 Å². The van der Waals surface area contributed by atoms with Gasteiger partial charge in [0, 0.05) is 22.9 Å². The van der Waals surface area contributed by atoms with Crippen LogP contribution < -0.4 is 5.32 Å². The highest BCUT2D eigenvalue weighted by molar-refractivity contribution is 7.09. The molecule has 1 aliphatic carbocycles. The highest BCUT2D eigenvalue weighted by atomic mass is 35.5. The maximum atomic E-state index is 12.9. The molecule has 1 aromatic carbocycles. The fourth-order valence-corrected chi connectivity index (χ4v) is 4.92. The van der Waals surface area contributed by atoms with Gasteiger partial charge in [-0.2, -0.15) is 0 Å². The van der Waals surface area contributed by atoms with E-state index in [1.807, 2.05) is 19.1 Å². The summed E-state index contributed by atoms with van der Waals surface area (Å²) in [5.41, 5.74) is 2.15. The molecule has 4 nitrogen and oxygen atoms in total. The SMILES string of the molecule is Cc1nc(CN2CCC(C(=O)NC3(c4ccc(Cl)cc4)CCC3)CC2)cs1. The molecule has 1 aliphatic heterocycles. The van der Waals surface area contributed by atoms with E-state index in [1.165, 1.54) is 5.56 Å². The monoisotopic (exact) mass is 403 g/mol. The molecular formula is C21H26ClN3OS. The first-order valence-electron chi connectivity index (χ1n) is 9.75. The zero-order chi connectivity index (χ0) is 18.9. The average molecular weight is 404 g/mol. The summed E-state index contributed by atoms with van der Waals surface area (Å²) < 4.78 is 0. The van der Waals surface area contributed by atoms with E-state index in [2.05, 4.69) is 32.7 Å². The number of carbonyl (C=O) groups is 1. The Bertz CT molecular complexity index is 792. The van der Waals surface area contributed by atoms with Crippen LogP contribution in [-0.2, 0) is 16.9 Å². The van der Waals surface area contributed by atoms with Crippen LogP contribution in [0.2, 0.25) is 5.02 Å². The summed E-state index contributed by atoms with van der Waals surface area (Å²) >= 11 is 7.73. The third-order valence-electron chi connectivity index (χ3n) is 5.98. The largest absolute Gasteiger partial charge is 0.346 e. The number of hydrogen-bond acceptors (Lipinski definition) is 4. The number of hydrogen-bond donors (Lipinski definition) is 1. The molecule has 0 spiro atoms. The van der Waals surface area contributed by atoms with Gasteiger partial charge in [0.15, 0.2) is 0 Å². The van der Waals surface area contributed by atoms with Crippen molar-refractivity contribution in [2.45, 2.75) is 51.1 Å². The molecule has 6 heteroatoms. The molecular weight excluding hydrogens is 378 g/mol. The van der Waals surface area contributed by atoms with Crippen molar-refractivity contribution in [1.82, 2.24) is 15.2 Å². The summed E-state index contributed by atoms with van der Waals surface area (Å²) in [6, 6.07) is 7.95. The molecule has 1 saturated carbocycles. The van der Waals surface area contributed by atoms with Crippen molar-refractivity contribution >= 4 is 28.8 Å². The normalized spacial score (nSPS) is 20.2. The molecule has 2 heterocycles. The van der Waals surface area contributed by atoms with E-state index in [1.54, 1.807) is 11.3 Å². The fraction of sp³-hybridized carbons (Fsp3) is 0.524. The first kappa shape index (κ1) is 18.9. The predicted molar refractivity (Wildman–Crippen MR) is 110 cm³/mol. The van der Waals surface area contributed by atoms with E-state index in [-0.39, 0.29) is 17.4 Å². The molecule has 144 valence electrons. The van der Waals surface area contributed by atoms with Gasteiger partial charge in [-0.25, -0.2) is 4.98 Å². The number of aromatic nitrogens is 1. The molecule has 0 radical (unpaired) electrons. The summed E-state index contributed by atoms with van der Waals surface area (Å²) in [4.78, 5) is 19.9. The van der Waals surface area contributed by atoms with Gasteiger partial charge in [-0.05, 0) is 69.8 Å². The van der Waals surface area contributed by atoms with Crippen molar-refractivity contribution in [3.63, 3.8) is 0 Å². The molecule has 0 bridgehead atoms. The highest BCUT2D eigenvalue weighted by Crippen LogP contribution is 2.42. The van der Waals surface area contributed by atoms with E-state index in [0.717, 1.165) is 67.5 Å². The Kier molecular flexibility index (Phi) is 5.53. The van der Waals surface area contributed by atoms with E-state index < -0.39 is 0 Å². The summed E-state index contributed by atoms with van der Waals surface area (Å²) in [6.45, 7) is 4.86. The summed E-state index contributed by atoms with van der Waals surface area (Å²) in [5, 5.41) is 7.39. The van der Waals surface area contributed by atoms with Crippen molar-refractivity contribution in [2.75, 3.05) is 13.1 Å². The van der Waals surface area contributed by atoms with Crippen molar-refractivity contribution < 1.29 is 4.79 Å². The van der Waals surface area contributed by atoms with Crippen LogP contribution in [-0.4, -0.2) is 28.9 Å². The molecule has 2 aromatic rings. The molecule has 4 rings (SSSR count). The average Bonchev–Trinajstić information content (AvgIpc) is 3.04. The quantitative estimate of drug-likeness (QED) is 0.798. The minimum atomic E-state index is -0.184. The van der Waals surface area contributed by atoms with Gasteiger partial charge in [-0.1, -0.05) is 23.7 Å². The number of likely N-dealkylation sites (tertiary alicyclic amines) is 1. The predicted octanol–water partition coefficient (Wildman–Crippen LogP) is 4.51. The Balaban J connectivity index is 1.33. The first-order valence-corrected chi connectivity index (χ1v) is 11.0. The van der Waals surface area contributed by atoms with E-state index in [9.17, 15) is 4.79 Å². The lowest BCUT2D eigenvalue weighted by molar-refractivity contribution is -0.129. The lowest BCUT2D eigenvalue weighted by Crippen LogP contribution is -2.53. The number of aryl methyl sites for hydroxylation is 1. The van der Waals surface area contributed by atoms with Gasteiger partial charge in [0.25, 0.3) is 0 Å². The van der Waals surface area contributed by atoms with Gasteiger partial charge in [0.2, 0.25) is 5.91 Å². The van der Waals surface area contributed by atoms with Crippen LogP contribution in [0, 0.1) is 12.8 Å². The smallest absolute Gasteiger partial charge is 0.223 e. The zero-order valence-corrected chi connectivity index (χ0v) is 17.3. The molecule has 0 unspecified atom stereocenters. The molecule has 0 atom stereocenters. The van der Waals surface area contributed by atoms with Crippen LogP contribution >= 0.6 is 22.9 Å². The highest BCUT2D eigenvalue weighted by Gasteiger charge is 2.41. The van der Waals surface area contributed by atoms with Crippen molar-refractivity contribution in [3.05, 3.63) is 50.9 Å². The van der Waals surface area contributed by atoms with Crippen LogP contribution in [0.15, 0.2) is 29.6 Å². The third-order valence-corrected chi connectivity index (χ3v) is 7.05. The van der Waals surface area contributed by atoms with Gasteiger partial charge >= 0.3 is 0 Å². The minimum Gasteiger partial charge on any atom is -0.346 e. The van der Waals surface area contributed by atoms with Gasteiger partial charge in [0.05, 0.1) is 16.2 Å². The maximum Gasteiger partial charge on any atom is 0.223 e. The van der Waals surface area contributed by atoms with Crippen molar-refractivity contribution in [3.8, 4) is 0 Å². The summed E-state index contributed by atoms with van der Waals surface area (Å²) in [5.74, 6) is 0.331. The van der Waals surface area contributed by atoms with Crippen molar-refractivity contribution in [1.29, 1.82) is 0 Å². The summed E-state index contributed by atoms with van der Waals surface area (Å²) in [7, 11) is 0. The second kappa shape index (κ2) is 7.90. The Labute approximate surface area is 169 Å². The van der Waals surface area contributed by atoms with E-state index >= 15 is 0 Å². The first-order chi connectivity index (χ1) is 13.0. The lowest BCUT2D eigenvalue weighted by Gasteiger charge is -2.44. The number of thiazole rings is 1. The third kappa shape index (κ3) is 4.20. The number of piperidine rings is 1. The standard InChI is InChI=1S/C21H26ClN3OS/c1-15-23-19(14-27-15)13-25-11-7-16(8-12-25)20(26)24-21(9-2-10-21)17-3-5-18(22)6-4-17/h3-6,14,16H,2,7-13H2,1H3,(H,24,26).